The highest BCUT2D eigenvalue weighted by atomic mass is 16.5. The van der Waals surface area contributed by atoms with Gasteiger partial charge in [0.2, 0.25) is 0 Å². The Hall–Kier alpha value is -1.80. The van der Waals surface area contributed by atoms with Gasteiger partial charge in [-0.25, -0.2) is 0 Å². The van der Waals surface area contributed by atoms with Gasteiger partial charge in [-0.05, 0) is 25.5 Å². The molecule has 0 unspecified atom stereocenters. The second kappa shape index (κ2) is 6.39. The summed E-state index contributed by atoms with van der Waals surface area (Å²) in [4.78, 5) is 0. The van der Waals surface area contributed by atoms with Crippen molar-refractivity contribution in [3.63, 3.8) is 0 Å². The molecule has 2 aromatic carbocycles. The molecule has 0 aliphatic heterocycles. The lowest BCUT2D eigenvalue weighted by molar-refractivity contribution is 0.407. The van der Waals surface area contributed by atoms with E-state index in [2.05, 4.69) is 43.4 Å². The average Bonchev–Trinajstić information content (AvgIpc) is 2.38. The van der Waals surface area contributed by atoms with Crippen LogP contribution in [0.1, 0.15) is 22.3 Å². The van der Waals surface area contributed by atoms with Gasteiger partial charge in [0.25, 0.3) is 0 Å². The largest absolute Gasteiger partial charge is 0.496 e. The van der Waals surface area contributed by atoms with Crippen molar-refractivity contribution in [3.05, 3.63) is 64.7 Å². The Bertz CT molecular complexity index is 528. The van der Waals surface area contributed by atoms with Crippen molar-refractivity contribution in [2.24, 2.45) is 0 Å². The van der Waals surface area contributed by atoms with Crippen LogP contribution in [-0.2, 0) is 13.1 Å². The van der Waals surface area contributed by atoms with Gasteiger partial charge < -0.3 is 10.1 Å². The van der Waals surface area contributed by atoms with Crippen LogP contribution in [-0.4, -0.2) is 7.11 Å². The van der Waals surface area contributed by atoms with Crippen LogP contribution in [0.2, 0.25) is 0 Å². The zero-order chi connectivity index (χ0) is 13.7. The van der Waals surface area contributed by atoms with Gasteiger partial charge in [-0.1, -0.05) is 47.5 Å². The molecule has 0 saturated heterocycles. The summed E-state index contributed by atoms with van der Waals surface area (Å²) in [5.41, 5.74) is 5.14. The molecule has 0 spiro atoms. The molecule has 0 bridgehead atoms. The standard InChI is InChI=1S/C17H21NO/c1-13-8-14(2)10-15(9-13)11-18-12-16-6-4-5-7-17(16)19-3/h4-10,18H,11-12H2,1-3H3. The Kier molecular flexibility index (Phi) is 4.58. The normalized spacial score (nSPS) is 10.5. The highest BCUT2D eigenvalue weighted by molar-refractivity contribution is 5.33. The van der Waals surface area contributed by atoms with E-state index in [4.69, 9.17) is 4.74 Å². The first-order valence-electron chi connectivity index (χ1n) is 6.59. The lowest BCUT2D eigenvalue weighted by Gasteiger charge is -2.10. The predicted octanol–water partition coefficient (Wildman–Crippen LogP) is 3.60. The molecule has 2 rings (SSSR count). The first kappa shape index (κ1) is 13.6. The third kappa shape index (κ3) is 3.83. The van der Waals surface area contributed by atoms with Crippen molar-refractivity contribution in [2.45, 2.75) is 26.9 Å². The SMILES string of the molecule is COc1ccccc1CNCc1cc(C)cc(C)c1. The Morgan fingerprint density at radius 1 is 0.947 bits per heavy atom. The number of ether oxygens (including phenoxy) is 1. The third-order valence-electron chi connectivity index (χ3n) is 3.12. The van der Waals surface area contributed by atoms with E-state index in [0.29, 0.717) is 0 Å². The molecule has 0 aliphatic rings. The van der Waals surface area contributed by atoms with Gasteiger partial charge in [-0.15, -0.1) is 0 Å². The maximum atomic E-state index is 5.35. The van der Waals surface area contributed by atoms with Crippen LogP contribution in [0.5, 0.6) is 5.75 Å². The summed E-state index contributed by atoms with van der Waals surface area (Å²) in [7, 11) is 1.71. The van der Waals surface area contributed by atoms with Gasteiger partial charge in [-0.2, -0.15) is 0 Å². The van der Waals surface area contributed by atoms with E-state index in [1.165, 1.54) is 22.3 Å². The van der Waals surface area contributed by atoms with E-state index in [0.717, 1.165) is 18.8 Å². The van der Waals surface area contributed by atoms with Gasteiger partial charge in [0.1, 0.15) is 5.75 Å². The van der Waals surface area contributed by atoms with E-state index in [-0.39, 0.29) is 0 Å². The fraction of sp³-hybridized carbons (Fsp3) is 0.294. The Balaban J connectivity index is 1.96. The molecule has 0 fully saturated rings. The van der Waals surface area contributed by atoms with Gasteiger partial charge in [0, 0.05) is 18.7 Å². The number of hydrogen-bond donors (Lipinski definition) is 1. The molecule has 2 nitrogen and oxygen atoms in total. The van der Waals surface area contributed by atoms with E-state index in [1.807, 2.05) is 18.2 Å². The summed E-state index contributed by atoms with van der Waals surface area (Å²) < 4.78 is 5.35. The lowest BCUT2D eigenvalue weighted by Crippen LogP contribution is -2.13. The molecular formula is C17H21NO. The molecule has 0 heterocycles. The molecule has 0 saturated carbocycles. The predicted molar refractivity (Wildman–Crippen MR) is 79.5 cm³/mol. The summed E-state index contributed by atoms with van der Waals surface area (Å²) >= 11 is 0. The highest BCUT2D eigenvalue weighted by Gasteiger charge is 2.01. The molecule has 19 heavy (non-hydrogen) atoms. The van der Waals surface area contributed by atoms with E-state index < -0.39 is 0 Å². The molecule has 0 atom stereocenters. The fourth-order valence-corrected chi connectivity index (χ4v) is 2.36. The zero-order valence-corrected chi connectivity index (χ0v) is 11.9. The quantitative estimate of drug-likeness (QED) is 0.881. The molecule has 100 valence electrons. The van der Waals surface area contributed by atoms with E-state index >= 15 is 0 Å². The first-order valence-corrected chi connectivity index (χ1v) is 6.59. The minimum absolute atomic E-state index is 0.816. The van der Waals surface area contributed by atoms with Crippen molar-refractivity contribution in [3.8, 4) is 5.75 Å². The topological polar surface area (TPSA) is 21.3 Å². The number of para-hydroxylation sites is 1. The molecule has 0 radical (unpaired) electrons. The Labute approximate surface area is 115 Å². The van der Waals surface area contributed by atoms with Crippen LogP contribution in [0.25, 0.3) is 0 Å². The molecule has 0 aliphatic carbocycles. The maximum Gasteiger partial charge on any atom is 0.123 e. The van der Waals surface area contributed by atoms with E-state index in [9.17, 15) is 0 Å². The van der Waals surface area contributed by atoms with Crippen molar-refractivity contribution in [1.82, 2.24) is 5.32 Å². The number of hydrogen-bond acceptors (Lipinski definition) is 2. The molecule has 2 aromatic rings. The molecule has 2 heteroatoms. The van der Waals surface area contributed by atoms with Crippen LogP contribution in [0, 0.1) is 13.8 Å². The number of benzene rings is 2. The Morgan fingerprint density at radius 2 is 1.63 bits per heavy atom. The van der Waals surface area contributed by atoms with Crippen LogP contribution in [0.3, 0.4) is 0 Å². The maximum absolute atomic E-state index is 5.35. The molecular weight excluding hydrogens is 234 g/mol. The highest BCUT2D eigenvalue weighted by Crippen LogP contribution is 2.17. The number of nitrogens with one attached hydrogen (secondary N) is 1. The van der Waals surface area contributed by atoms with Gasteiger partial charge in [0.15, 0.2) is 0 Å². The third-order valence-corrected chi connectivity index (χ3v) is 3.12. The van der Waals surface area contributed by atoms with Crippen LogP contribution in [0.15, 0.2) is 42.5 Å². The summed E-state index contributed by atoms with van der Waals surface area (Å²) in [6.07, 6.45) is 0. The molecule has 0 aromatic heterocycles. The summed E-state index contributed by atoms with van der Waals surface area (Å²) in [5, 5.41) is 3.47. The van der Waals surface area contributed by atoms with E-state index in [1.54, 1.807) is 7.11 Å². The van der Waals surface area contributed by atoms with Gasteiger partial charge in [-0.3, -0.25) is 0 Å². The average molecular weight is 255 g/mol. The fourth-order valence-electron chi connectivity index (χ4n) is 2.36. The van der Waals surface area contributed by atoms with Crippen molar-refractivity contribution < 1.29 is 4.74 Å². The summed E-state index contributed by atoms with van der Waals surface area (Å²) in [6.45, 7) is 5.96. The smallest absolute Gasteiger partial charge is 0.123 e. The van der Waals surface area contributed by atoms with Crippen LogP contribution < -0.4 is 10.1 Å². The Morgan fingerprint density at radius 3 is 2.32 bits per heavy atom. The summed E-state index contributed by atoms with van der Waals surface area (Å²) in [6, 6.07) is 14.8. The number of methoxy groups -OCH3 is 1. The number of aryl methyl sites for hydroxylation is 2. The van der Waals surface area contributed by atoms with Crippen molar-refractivity contribution >= 4 is 0 Å². The monoisotopic (exact) mass is 255 g/mol. The zero-order valence-electron chi connectivity index (χ0n) is 11.9. The van der Waals surface area contributed by atoms with Crippen molar-refractivity contribution in [1.29, 1.82) is 0 Å². The minimum Gasteiger partial charge on any atom is -0.496 e. The first-order chi connectivity index (χ1) is 9.19. The minimum atomic E-state index is 0.816. The van der Waals surface area contributed by atoms with Crippen molar-refractivity contribution in [2.75, 3.05) is 7.11 Å². The van der Waals surface area contributed by atoms with Crippen LogP contribution in [0.4, 0.5) is 0 Å². The van der Waals surface area contributed by atoms with Gasteiger partial charge >= 0.3 is 0 Å². The second-order valence-corrected chi connectivity index (χ2v) is 4.91. The van der Waals surface area contributed by atoms with Crippen LogP contribution >= 0.6 is 0 Å². The molecule has 0 amide bonds. The molecule has 1 N–H and O–H groups in total. The summed E-state index contributed by atoms with van der Waals surface area (Å²) in [5.74, 6) is 0.940. The lowest BCUT2D eigenvalue weighted by atomic mass is 10.1. The second-order valence-electron chi connectivity index (χ2n) is 4.91. The van der Waals surface area contributed by atoms with Gasteiger partial charge in [0.05, 0.1) is 7.11 Å². The number of rotatable bonds is 5.